The van der Waals surface area contributed by atoms with Crippen LogP contribution in [0.15, 0.2) is 58.5 Å². The van der Waals surface area contributed by atoms with E-state index >= 15 is 0 Å². The summed E-state index contributed by atoms with van der Waals surface area (Å²) in [6.45, 7) is 4.85. The summed E-state index contributed by atoms with van der Waals surface area (Å²) in [7, 11) is 0. The number of ether oxygens (including phenoxy) is 1. The first-order chi connectivity index (χ1) is 15.9. The average Bonchev–Trinajstić information content (AvgIpc) is 3.32. The number of rotatable bonds is 8. The second-order valence-corrected chi connectivity index (χ2v) is 9.33. The Morgan fingerprint density at radius 2 is 1.97 bits per heavy atom. The van der Waals surface area contributed by atoms with Crippen molar-refractivity contribution in [1.29, 1.82) is 0 Å². The van der Waals surface area contributed by atoms with Gasteiger partial charge in [-0.25, -0.2) is 4.98 Å². The van der Waals surface area contributed by atoms with Gasteiger partial charge in [0.2, 0.25) is 0 Å². The van der Waals surface area contributed by atoms with Crippen molar-refractivity contribution in [3.63, 3.8) is 0 Å². The molecule has 172 valence electrons. The van der Waals surface area contributed by atoms with E-state index in [0.29, 0.717) is 40.3 Å². The number of fused-ring (bicyclic) bond motifs is 1. The number of aromatic nitrogens is 2. The Kier molecular flexibility index (Phi) is 7.25. The second kappa shape index (κ2) is 10.3. The smallest absolute Gasteiger partial charge is 0.262 e. The molecule has 4 rings (SSSR count). The topological polar surface area (TPSA) is 90.3 Å². The standard InChI is InChI=1S/C25H27N3O4S/c1-16(2)26-23(30)18-10-11-20-21(13-18)27-25(28(24(20)31)14-19-9-6-12-32-19)33-15-22(29)17-7-4-3-5-8-17/h3-5,7-8,10-11,13,16,19H,6,9,12,14-15H2,1-2H3,(H,26,30). The molecular formula is C25H27N3O4S. The van der Waals surface area contributed by atoms with Crippen LogP contribution in [0.2, 0.25) is 0 Å². The first-order valence-electron chi connectivity index (χ1n) is 11.1. The zero-order chi connectivity index (χ0) is 23.4. The minimum absolute atomic E-state index is 0.00400. The van der Waals surface area contributed by atoms with Gasteiger partial charge in [-0.15, -0.1) is 0 Å². The maximum absolute atomic E-state index is 13.4. The number of nitrogens with one attached hydrogen (secondary N) is 1. The summed E-state index contributed by atoms with van der Waals surface area (Å²) in [5, 5.41) is 3.74. The van der Waals surface area contributed by atoms with E-state index in [1.807, 2.05) is 32.0 Å². The van der Waals surface area contributed by atoms with Gasteiger partial charge in [-0.2, -0.15) is 0 Å². The molecule has 0 aliphatic carbocycles. The molecule has 0 bridgehead atoms. The Morgan fingerprint density at radius 3 is 2.67 bits per heavy atom. The molecule has 33 heavy (non-hydrogen) atoms. The molecule has 7 nitrogen and oxygen atoms in total. The Morgan fingerprint density at radius 1 is 1.18 bits per heavy atom. The van der Waals surface area contributed by atoms with Gasteiger partial charge in [0.25, 0.3) is 11.5 Å². The molecule has 1 aliphatic heterocycles. The molecule has 2 aromatic carbocycles. The van der Waals surface area contributed by atoms with Gasteiger partial charge in [-0.1, -0.05) is 42.1 Å². The van der Waals surface area contributed by atoms with Crippen LogP contribution in [0, 0.1) is 0 Å². The lowest BCUT2D eigenvalue weighted by atomic mass is 10.1. The van der Waals surface area contributed by atoms with Crippen molar-refractivity contribution in [1.82, 2.24) is 14.9 Å². The molecule has 1 saturated heterocycles. The van der Waals surface area contributed by atoms with E-state index in [2.05, 4.69) is 5.32 Å². The van der Waals surface area contributed by atoms with Crippen LogP contribution >= 0.6 is 11.8 Å². The molecule has 0 spiro atoms. The number of nitrogens with zero attached hydrogens (tertiary/aromatic N) is 2. The number of hydrogen-bond donors (Lipinski definition) is 1. The molecule has 1 aliphatic rings. The molecule has 1 atom stereocenters. The highest BCUT2D eigenvalue weighted by Gasteiger charge is 2.21. The van der Waals surface area contributed by atoms with Crippen LogP contribution in [-0.2, 0) is 11.3 Å². The number of Topliss-reactive ketones (excluding diaryl/α,β-unsaturated/α-hetero) is 1. The van der Waals surface area contributed by atoms with Crippen molar-refractivity contribution in [2.75, 3.05) is 12.4 Å². The number of amides is 1. The van der Waals surface area contributed by atoms with Crippen LogP contribution in [0.1, 0.15) is 47.4 Å². The molecule has 3 aromatic rings. The molecule has 1 unspecified atom stereocenters. The van der Waals surface area contributed by atoms with Crippen molar-refractivity contribution >= 4 is 34.4 Å². The van der Waals surface area contributed by atoms with Crippen LogP contribution in [-0.4, -0.2) is 45.7 Å². The summed E-state index contributed by atoms with van der Waals surface area (Å²) in [5.41, 5.74) is 1.30. The second-order valence-electron chi connectivity index (χ2n) is 8.38. The first kappa shape index (κ1) is 23.2. The van der Waals surface area contributed by atoms with E-state index in [0.717, 1.165) is 12.8 Å². The molecule has 0 saturated carbocycles. The summed E-state index contributed by atoms with van der Waals surface area (Å²) in [4.78, 5) is 43.2. The summed E-state index contributed by atoms with van der Waals surface area (Å²) >= 11 is 1.23. The predicted molar refractivity (Wildman–Crippen MR) is 129 cm³/mol. The Hall–Kier alpha value is -2.97. The van der Waals surface area contributed by atoms with E-state index < -0.39 is 0 Å². The average molecular weight is 466 g/mol. The Bertz CT molecular complexity index is 1220. The van der Waals surface area contributed by atoms with Gasteiger partial charge in [-0.3, -0.25) is 19.0 Å². The molecule has 1 amide bonds. The lowest BCUT2D eigenvalue weighted by Gasteiger charge is -2.17. The highest BCUT2D eigenvalue weighted by Crippen LogP contribution is 2.22. The number of carbonyl (C=O) groups excluding carboxylic acids is 2. The van der Waals surface area contributed by atoms with Crippen molar-refractivity contribution in [3.8, 4) is 0 Å². The summed E-state index contributed by atoms with van der Waals surface area (Å²) in [6, 6.07) is 14.0. The molecule has 8 heteroatoms. The molecule has 1 fully saturated rings. The van der Waals surface area contributed by atoms with E-state index in [9.17, 15) is 14.4 Å². The highest BCUT2D eigenvalue weighted by molar-refractivity contribution is 7.99. The van der Waals surface area contributed by atoms with Crippen molar-refractivity contribution in [2.24, 2.45) is 0 Å². The largest absolute Gasteiger partial charge is 0.376 e. The molecular weight excluding hydrogens is 438 g/mol. The van der Waals surface area contributed by atoms with E-state index in [1.54, 1.807) is 34.9 Å². The van der Waals surface area contributed by atoms with Gasteiger partial charge in [-0.05, 0) is 44.9 Å². The van der Waals surface area contributed by atoms with Gasteiger partial charge in [0, 0.05) is 23.8 Å². The fourth-order valence-corrected chi connectivity index (χ4v) is 4.69. The number of carbonyl (C=O) groups is 2. The van der Waals surface area contributed by atoms with Gasteiger partial charge in [0.05, 0.1) is 29.3 Å². The van der Waals surface area contributed by atoms with Crippen LogP contribution in [0.4, 0.5) is 0 Å². The lowest BCUT2D eigenvalue weighted by molar-refractivity contribution is 0.0936. The zero-order valence-electron chi connectivity index (χ0n) is 18.7. The van der Waals surface area contributed by atoms with Crippen LogP contribution < -0.4 is 10.9 Å². The first-order valence-corrected chi connectivity index (χ1v) is 12.1. The van der Waals surface area contributed by atoms with E-state index in [1.165, 1.54) is 11.8 Å². The SMILES string of the molecule is CC(C)NC(=O)c1ccc2c(=O)n(CC3CCCO3)c(SCC(=O)c3ccccc3)nc2c1. The maximum atomic E-state index is 13.4. The third-order valence-corrected chi connectivity index (χ3v) is 6.42. The van der Waals surface area contributed by atoms with Crippen LogP contribution in [0.25, 0.3) is 10.9 Å². The number of thioether (sulfide) groups is 1. The van der Waals surface area contributed by atoms with E-state index in [-0.39, 0.29) is 35.1 Å². The Balaban J connectivity index is 1.69. The number of hydrogen-bond acceptors (Lipinski definition) is 6. The van der Waals surface area contributed by atoms with Gasteiger partial charge in [0.1, 0.15) is 0 Å². The van der Waals surface area contributed by atoms with Crippen molar-refractivity contribution in [2.45, 2.75) is 50.5 Å². The predicted octanol–water partition coefficient (Wildman–Crippen LogP) is 3.69. The van der Waals surface area contributed by atoms with Crippen LogP contribution in [0.3, 0.4) is 0 Å². The quantitative estimate of drug-likeness (QED) is 0.310. The maximum Gasteiger partial charge on any atom is 0.262 e. The minimum Gasteiger partial charge on any atom is -0.376 e. The summed E-state index contributed by atoms with van der Waals surface area (Å²) < 4.78 is 7.35. The molecule has 1 aromatic heterocycles. The highest BCUT2D eigenvalue weighted by atomic mass is 32.2. The van der Waals surface area contributed by atoms with Crippen molar-refractivity contribution in [3.05, 3.63) is 70.0 Å². The van der Waals surface area contributed by atoms with Gasteiger partial charge >= 0.3 is 0 Å². The van der Waals surface area contributed by atoms with Crippen molar-refractivity contribution < 1.29 is 14.3 Å². The minimum atomic E-state index is -0.217. The number of ketones is 1. The molecule has 1 N–H and O–H groups in total. The summed E-state index contributed by atoms with van der Waals surface area (Å²) in [6.07, 6.45) is 1.79. The third kappa shape index (κ3) is 5.51. The number of benzene rings is 2. The van der Waals surface area contributed by atoms with Crippen LogP contribution in [0.5, 0.6) is 0 Å². The summed E-state index contributed by atoms with van der Waals surface area (Å²) in [5.74, 6) is -0.101. The molecule has 0 radical (unpaired) electrons. The Labute approximate surface area is 196 Å². The van der Waals surface area contributed by atoms with Gasteiger partial charge in [0.15, 0.2) is 10.9 Å². The molecule has 2 heterocycles. The zero-order valence-corrected chi connectivity index (χ0v) is 19.6. The van der Waals surface area contributed by atoms with E-state index in [4.69, 9.17) is 9.72 Å². The monoisotopic (exact) mass is 465 g/mol. The normalized spacial score (nSPS) is 15.8. The third-order valence-electron chi connectivity index (χ3n) is 5.44. The lowest BCUT2D eigenvalue weighted by Crippen LogP contribution is -2.31. The van der Waals surface area contributed by atoms with Gasteiger partial charge < -0.3 is 10.1 Å². The fourth-order valence-electron chi connectivity index (χ4n) is 3.79. The fraction of sp³-hybridized carbons (Fsp3) is 0.360.